The third kappa shape index (κ3) is 5.92. The second-order valence-corrected chi connectivity index (χ2v) is 5.88. The van der Waals surface area contributed by atoms with Crippen LogP contribution in [0, 0.1) is 11.2 Å². The summed E-state index contributed by atoms with van der Waals surface area (Å²) in [6.45, 7) is 3.16. The summed E-state index contributed by atoms with van der Waals surface area (Å²) in [6, 6.07) is 5.92. The minimum atomic E-state index is -0.419. The summed E-state index contributed by atoms with van der Waals surface area (Å²) in [7, 11) is 1.63. The molecule has 0 radical (unpaired) electrons. The summed E-state index contributed by atoms with van der Waals surface area (Å²) in [5.41, 5.74) is -0.419. The van der Waals surface area contributed by atoms with E-state index in [0.717, 1.165) is 25.9 Å². The van der Waals surface area contributed by atoms with E-state index in [0.29, 0.717) is 31.9 Å². The van der Waals surface area contributed by atoms with Gasteiger partial charge in [0.1, 0.15) is 11.6 Å². The standard InChI is InChI=1S/C17H25FN2O3.ClH/c1-22-13-17(7-10-19-11-8-17)16(21)20-9-2-12-23-15-5-3-14(18)4-6-15;/h3-6,19H,2,7-13H2,1H3,(H,20,21);1H. The number of hydrogen-bond acceptors (Lipinski definition) is 4. The van der Waals surface area contributed by atoms with Crippen LogP contribution in [0.15, 0.2) is 24.3 Å². The van der Waals surface area contributed by atoms with Crippen molar-refractivity contribution in [3.63, 3.8) is 0 Å². The molecule has 2 rings (SSSR count). The van der Waals surface area contributed by atoms with Gasteiger partial charge in [0.25, 0.3) is 0 Å². The molecule has 0 saturated carbocycles. The van der Waals surface area contributed by atoms with Crippen molar-refractivity contribution in [2.75, 3.05) is 40.0 Å². The molecule has 0 aliphatic carbocycles. The number of carbonyl (C=O) groups excluding carboxylic acids is 1. The molecule has 0 spiro atoms. The molecule has 5 nitrogen and oxygen atoms in total. The summed E-state index contributed by atoms with van der Waals surface area (Å²) in [4.78, 5) is 12.5. The van der Waals surface area contributed by atoms with E-state index in [2.05, 4.69) is 10.6 Å². The number of nitrogens with one attached hydrogen (secondary N) is 2. The number of carbonyl (C=O) groups is 1. The first-order chi connectivity index (χ1) is 11.2. The Morgan fingerprint density at radius 3 is 2.58 bits per heavy atom. The highest BCUT2D eigenvalue weighted by Gasteiger charge is 2.39. The number of ether oxygens (including phenoxy) is 2. The molecule has 1 aliphatic rings. The molecule has 1 heterocycles. The van der Waals surface area contributed by atoms with Crippen LogP contribution < -0.4 is 15.4 Å². The Morgan fingerprint density at radius 1 is 1.29 bits per heavy atom. The largest absolute Gasteiger partial charge is 0.494 e. The lowest BCUT2D eigenvalue weighted by atomic mass is 9.78. The summed E-state index contributed by atoms with van der Waals surface area (Å²) >= 11 is 0. The third-order valence-corrected chi connectivity index (χ3v) is 4.15. The van der Waals surface area contributed by atoms with Gasteiger partial charge in [-0.25, -0.2) is 4.39 Å². The number of halogens is 2. The molecule has 1 aromatic carbocycles. The molecule has 1 amide bonds. The molecule has 0 aromatic heterocycles. The Bertz CT molecular complexity index is 488. The molecule has 0 atom stereocenters. The molecule has 136 valence electrons. The van der Waals surface area contributed by atoms with Crippen molar-refractivity contribution in [3.8, 4) is 5.75 Å². The minimum absolute atomic E-state index is 0. The average Bonchev–Trinajstić information content (AvgIpc) is 2.57. The lowest BCUT2D eigenvalue weighted by molar-refractivity contribution is -0.136. The monoisotopic (exact) mass is 360 g/mol. The van der Waals surface area contributed by atoms with Crippen LogP contribution in [0.1, 0.15) is 19.3 Å². The van der Waals surface area contributed by atoms with E-state index in [1.807, 2.05) is 0 Å². The lowest BCUT2D eigenvalue weighted by Gasteiger charge is -2.35. The zero-order valence-corrected chi connectivity index (χ0v) is 14.8. The van der Waals surface area contributed by atoms with Crippen LogP contribution in [-0.2, 0) is 9.53 Å². The first kappa shape index (κ1) is 20.7. The van der Waals surface area contributed by atoms with Crippen LogP contribution in [0.4, 0.5) is 4.39 Å². The van der Waals surface area contributed by atoms with Crippen molar-refractivity contribution in [2.45, 2.75) is 19.3 Å². The van der Waals surface area contributed by atoms with E-state index in [1.54, 1.807) is 19.2 Å². The fraction of sp³-hybridized carbons (Fsp3) is 0.588. The smallest absolute Gasteiger partial charge is 0.228 e. The van der Waals surface area contributed by atoms with Crippen LogP contribution in [0.2, 0.25) is 0 Å². The van der Waals surface area contributed by atoms with Crippen LogP contribution in [-0.4, -0.2) is 45.9 Å². The molecule has 2 N–H and O–H groups in total. The van der Waals surface area contributed by atoms with Gasteiger partial charge in [-0.15, -0.1) is 12.4 Å². The maximum atomic E-state index is 12.8. The lowest BCUT2D eigenvalue weighted by Crippen LogP contribution is -2.50. The van der Waals surface area contributed by atoms with Crippen molar-refractivity contribution < 1.29 is 18.7 Å². The van der Waals surface area contributed by atoms with Gasteiger partial charge in [-0.1, -0.05) is 0 Å². The van der Waals surface area contributed by atoms with Crippen LogP contribution in [0.25, 0.3) is 0 Å². The van der Waals surface area contributed by atoms with Crippen molar-refractivity contribution in [2.24, 2.45) is 5.41 Å². The van der Waals surface area contributed by atoms with Crippen LogP contribution in [0.3, 0.4) is 0 Å². The molecule has 1 fully saturated rings. The zero-order chi connectivity index (χ0) is 16.5. The van der Waals surface area contributed by atoms with Gasteiger partial charge in [-0.05, 0) is 56.6 Å². The first-order valence-corrected chi connectivity index (χ1v) is 8.03. The third-order valence-electron chi connectivity index (χ3n) is 4.15. The van der Waals surface area contributed by atoms with Gasteiger partial charge in [0.2, 0.25) is 5.91 Å². The average molecular weight is 361 g/mol. The Balaban J connectivity index is 0.00000288. The maximum absolute atomic E-state index is 12.8. The van der Waals surface area contributed by atoms with Gasteiger partial charge in [0.05, 0.1) is 18.6 Å². The Hall–Kier alpha value is -1.37. The van der Waals surface area contributed by atoms with Crippen LogP contribution in [0.5, 0.6) is 5.75 Å². The number of piperidine rings is 1. The summed E-state index contributed by atoms with van der Waals surface area (Å²) in [5.74, 6) is 0.407. The number of hydrogen-bond donors (Lipinski definition) is 2. The van der Waals surface area contributed by atoms with Gasteiger partial charge in [-0.2, -0.15) is 0 Å². The summed E-state index contributed by atoms with van der Waals surface area (Å²) in [6.07, 6.45) is 2.28. The number of benzene rings is 1. The van der Waals surface area contributed by atoms with Crippen LogP contribution >= 0.6 is 12.4 Å². The molecule has 1 aromatic rings. The molecule has 7 heteroatoms. The molecule has 1 saturated heterocycles. The molecular formula is C17H26ClFN2O3. The zero-order valence-electron chi connectivity index (χ0n) is 14.0. The minimum Gasteiger partial charge on any atom is -0.494 e. The normalized spacial score (nSPS) is 16.1. The molecule has 0 bridgehead atoms. The maximum Gasteiger partial charge on any atom is 0.228 e. The molecule has 1 aliphatic heterocycles. The second-order valence-electron chi connectivity index (χ2n) is 5.88. The van der Waals surface area contributed by atoms with Gasteiger partial charge in [0.15, 0.2) is 0 Å². The first-order valence-electron chi connectivity index (χ1n) is 8.03. The van der Waals surface area contributed by atoms with Gasteiger partial charge >= 0.3 is 0 Å². The fourth-order valence-electron chi connectivity index (χ4n) is 2.80. The quantitative estimate of drug-likeness (QED) is 0.697. The predicted molar refractivity (Wildman–Crippen MR) is 93.2 cm³/mol. The Morgan fingerprint density at radius 2 is 1.96 bits per heavy atom. The highest BCUT2D eigenvalue weighted by molar-refractivity contribution is 5.85. The predicted octanol–water partition coefficient (Wildman–Crippen LogP) is 2.15. The number of amides is 1. The van der Waals surface area contributed by atoms with E-state index in [1.165, 1.54) is 12.1 Å². The van der Waals surface area contributed by atoms with Crippen molar-refractivity contribution in [1.29, 1.82) is 0 Å². The summed E-state index contributed by atoms with van der Waals surface area (Å²) in [5, 5.41) is 6.26. The van der Waals surface area contributed by atoms with Crippen molar-refractivity contribution in [1.82, 2.24) is 10.6 Å². The number of rotatable bonds is 8. The Labute approximate surface area is 148 Å². The van der Waals surface area contributed by atoms with E-state index >= 15 is 0 Å². The van der Waals surface area contributed by atoms with Gasteiger partial charge < -0.3 is 20.1 Å². The van der Waals surface area contributed by atoms with Crippen molar-refractivity contribution in [3.05, 3.63) is 30.1 Å². The van der Waals surface area contributed by atoms with Gasteiger partial charge in [-0.3, -0.25) is 4.79 Å². The van der Waals surface area contributed by atoms with Gasteiger partial charge in [0, 0.05) is 13.7 Å². The Kier molecular flexibility index (Phi) is 9.03. The molecular weight excluding hydrogens is 335 g/mol. The van der Waals surface area contributed by atoms with E-state index in [-0.39, 0.29) is 24.1 Å². The number of methoxy groups -OCH3 is 1. The highest BCUT2D eigenvalue weighted by atomic mass is 35.5. The molecule has 0 unspecified atom stereocenters. The van der Waals surface area contributed by atoms with Crippen molar-refractivity contribution >= 4 is 18.3 Å². The van der Waals surface area contributed by atoms with E-state index in [9.17, 15) is 9.18 Å². The topological polar surface area (TPSA) is 59.6 Å². The van der Waals surface area contributed by atoms with E-state index in [4.69, 9.17) is 9.47 Å². The fourth-order valence-corrected chi connectivity index (χ4v) is 2.80. The molecule has 24 heavy (non-hydrogen) atoms. The highest BCUT2D eigenvalue weighted by Crippen LogP contribution is 2.29. The second kappa shape index (κ2) is 10.5. The SMILES string of the molecule is COCC1(C(=O)NCCCOc2ccc(F)cc2)CCNCC1.Cl. The van der Waals surface area contributed by atoms with E-state index < -0.39 is 5.41 Å². The summed E-state index contributed by atoms with van der Waals surface area (Å²) < 4.78 is 23.5.